The number of benzene rings is 5. The number of aromatic amines is 1. The van der Waals surface area contributed by atoms with E-state index in [0.29, 0.717) is 52.6 Å². The molecule has 5 aromatic carbocycles. The van der Waals surface area contributed by atoms with Gasteiger partial charge in [-0.3, -0.25) is 14.2 Å². The topological polar surface area (TPSA) is 260 Å². The summed E-state index contributed by atoms with van der Waals surface area (Å²) in [5, 5.41) is 11.4. The number of oxazole rings is 1. The summed E-state index contributed by atoms with van der Waals surface area (Å²) in [6.45, 7) is 20.3. The van der Waals surface area contributed by atoms with E-state index in [-0.39, 0.29) is 35.7 Å². The normalized spacial score (nSPS) is 11.0. The Morgan fingerprint density at radius 1 is 0.531 bits per heavy atom. The maximum Gasteiger partial charge on any atom is 0.327 e. The van der Waals surface area contributed by atoms with Crippen molar-refractivity contribution in [2.45, 2.75) is 139 Å². The Balaban J connectivity index is 0.000000237. The van der Waals surface area contributed by atoms with Crippen molar-refractivity contribution in [1.82, 2.24) is 19.9 Å². The number of hydrogen-bond donors (Lipinski definition) is 4. The number of carbonyl (C=O) groups is 2. The number of unbranched alkanes of at least 4 members (excludes halogenated alkanes) is 4. The minimum atomic E-state index is -4.10. The van der Waals surface area contributed by atoms with Crippen LogP contribution in [0.2, 0.25) is 0 Å². The van der Waals surface area contributed by atoms with Crippen molar-refractivity contribution in [3.63, 3.8) is 0 Å². The first-order valence-corrected chi connectivity index (χ1v) is 35.5. The number of imidazole rings is 1. The third-order valence-corrected chi connectivity index (χ3v) is 17.8. The van der Waals surface area contributed by atoms with Gasteiger partial charge in [0.15, 0.2) is 34.5 Å². The van der Waals surface area contributed by atoms with Crippen molar-refractivity contribution in [3.05, 3.63) is 107 Å². The highest BCUT2D eigenvalue weighted by molar-refractivity contribution is 7.51. The first-order valence-electron chi connectivity index (χ1n) is 32.9. The van der Waals surface area contributed by atoms with E-state index in [4.69, 9.17) is 57.3 Å². The summed E-state index contributed by atoms with van der Waals surface area (Å²) in [6.07, 6.45) is 12.6. The van der Waals surface area contributed by atoms with Gasteiger partial charge in [-0.25, -0.2) is 15.0 Å². The molecule has 0 amide bonds. The Kier molecular flexibility index (Phi) is 30.0. The van der Waals surface area contributed by atoms with Gasteiger partial charge in [-0.05, 0) is 126 Å². The van der Waals surface area contributed by atoms with Gasteiger partial charge in [0, 0.05) is 90.5 Å². The van der Waals surface area contributed by atoms with Crippen LogP contribution in [0.25, 0.3) is 55.9 Å². The largest absolute Gasteiger partial charge is 0.502 e. The number of H-pyrrole nitrogens is 1. The van der Waals surface area contributed by atoms with Gasteiger partial charge < -0.3 is 72.0 Å². The minimum absolute atomic E-state index is 0.0856. The average molecular weight is 1360 g/mol. The van der Waals surface area contributed by atoms with E-state index in [2.05, 4.69) is 75.7 Å². The SMILES string of the molecule is CCCCc1nc(-c2cc(OC)c(OC(C)=O)c(OC)c2)oc1CCCC.CCCCc1nc(-c2cc(OC)c(OC(C)=O)c(OC)c2)sc1CCCC.CCN(CC)c1ccc(-c2[nH]c(-c3cc(OC)c(O)c(OC)c3)nc2-c2ccc(N(CC)CCP(=O)(O)O)cc2)cc1. The molecule has 96 heavy (non-hydrogen) atoms. The maximum absolute atomic E-state index is 11.4. The molecule has 21 nitrogen and oxygen atoms in total. The number of phenolic OH excluding ortho intramolecular Hbond substituents is 1. The average Bonchev–Trinajstić information content (AvgIpc) is 1.69. The van der Waals surface area contributed by atoms with Crippen LogP contribution in [-0.4, -0.2) is 122 Å². The Labute approximate surface area is 569 Å². The molecule has 8 rings (SSSR count). The molecule has 0 fully saturated rings. The summed E-state index contributed by atoms with van der Waals surface area (Å²) in [5.41, 5.74) is 9.91. The Bertz CT molecular complexity index is 3560. The summed E-state index contributed by atoms with van der Waals surface area (Å²) in [7, 11) is 4.99. The third-order valence-electron chi connectivity index (χ3n) is 15.8. The van der Waals surface area contributed by atoms with Gasteiger partial charge in [0.2, 0.25) is 23.1 Å². The van der Waals surface area contributed by atoms with E-state index in [1.807, 2.05) is 48.2 Å². The number of ether oxygens (including phenoxy) is 8. The van der Waals surface area contributed by atoms with Crippen LogP contribution in [0.4, 0.5) is 11.4 Å². The molecule has 0 saturated heterocycles. The number of aromatic hydroxyl groups is 1. The van der Waals surface area contributed by atoms with Crippen LogP contribution >= 0.6 is 18.9 Å². The number of rotatable bonds is 33. The van der Waals surface area contributed by atoms with E-state index in [0.717, 1.165) is 139 Å². The number of hydrogen-bond acceptors (Lipinski definition) is 19. The van der Waals surface area contributed by atoms with Gasteiger partial charge in [-0.2, -0.15) is 0 Å². The maximum atomic E-state index is 11.4. The van der Waals surface area contributed by atoms with Crippen molar-refractivity contribution in [2.75, 3.05) is 84.8 Å². The summed E-state index contributed by atoms with van der Waals surface area (Å²) >= 11 is 1.73. The molecule has 0 bridgehead atoms. The standard InChI is InChI=1S/C31H39N4O6P.C21H29NO5.C21H29NO4S/c1-6-34(7-2)24-13-9-21(10-14-24)28-29(22-11-15-25(16-12-22)35(8-3)17-18-42(37,38)39)33-31(32-28)23-19-26(40-4)30(36)27(20-23)41-5;1-6-8-10-16-17(11-9-7-2)27-21(22-16)15-12-18(24-4)20(26-14(3)23)19(13-15)25-5;1-6-8-10-16-19(11-9-7-2)27-21(22-16)15-12-17(24-4)20(26-14(3)23)18(13-15)25-5/h9-16,19-20,36H,6-8,17-18H2,1-5H3,(H,32,33)(H2,37,38,39);2*12-13H,6-11H2,1-5H3. The molecule has 8 aromatic rings. The van der Waals surface area contributed by atoms with Crippen LogP contribution in [0, 0.1) is 0 Å². The molecule has 0 unspecified atom stereocenters. The van der Waals surface area contributed by atoms with Gasteiger partial charge in [0.05, 0.1) is 71.6 Å². The summed E-state index contributed by atoms with van der Waals surface area (Å²) in [5.74, 6) is 3.88. The third kappa shape index (κ3) is 20.7. The molecular weight excluding hydrogens is 1260 g/mol. The quantitative estimate of drug-likeness (QED) is 0.0169. The molecule has 0 spiro atoms. The fourth-order valence-electron chi connectivity index (χ4n) is 10.6. The van der Waals surface area contributed by atoms with E-state index in [9.17, 15) is 29.0 Å². The molecule has 0 saturated carbocycles. The molecule has 3 aromatic heterocycles. The molecule has 0 aliphatic carbocycles. The molecule has 23 heteroatoms. The van der Waals surface area contributed by atoms with Crippen molar-refractivity contribution in [1.29, 1.82) is 0 Å². The summed E-state index contributed by atoms with van der Waals surface area (Å²) < 4.78 is 60.4. The highest BCUT2D eigenvalue weighted by Crippen LogP contribution is 2.46. The second-order valence-electron chi connectivity index (χ2n) is 22.6. The molecule has 0 aliphatic heterocycles. The molecule has 0 radical (unpaired) electrons. The number of anilines is 2. The van der Waals surface area contributed by atoms with Crippen molar-refractivity contribution in [3.8, 4) is 108 Å². The number of carbonyl (C=O) groups excluding carboxylic acids is 2. The van der Waals surface area contributed by atoms with Crippen molar-refractivity contribution in [2.24, 2.45) is 0 Å². The van der Waals surface area contributed by atoms with Crippen LogP contribution in [0.15, 0.2) is 89.3 Å². The number of phenols is 1. The number of aryl methyl sites for hydroxylation is 4. The number of nitrogens with zero attached hydrogens (tertiary/aromatic N) is 5. The second-order valence-corrected chi connectivity index (χ2v) is 25.4. The van der Waals surface area contributed by atoms with Crippen LogP contribution in [0.1, 0.15) is 136 Å². The Hall–Kier alpha value is -8.56. The first-order chi connectivity index (χ1) is 46.2. The predicted octanol–water partition coefficient (Wildman–Crippen LogP) is 16.4. The van der Waals surface area contributed by atoms with Gasteiger partial charge >= 0.3 is 19.5 Å². The van der Waals surface area contributed by atoms with Gasteiger partial charge in [-0.15, -0.1) is 11.3 Å². The molecular formula is C73H97N6O15PS. The lowest BCUT2D eigenvalue weighted by Crippen LogP contribution is -2.26. The van der Waals surface area contributed by atoms with Crippen molar-refractivity contribution < 1.29 is 71.4 Å². The number of esters is 2. The van der Waals surface area contributed by atoms with Crippen LogP contribution < -0.4 is 47.7 Å². The smallest absolute Gasteiger partial charge is 0.327 e. The number of aromatic nitrogens is 4. The van der Waals surface area contributed by atoms with Crippen molar-refractivity contribution >= 4 is 42.2 Å². The number of thiazole rings is 1. The monoisotopic (exact) mass is 1360 g/mol. The fraction of sp³-hybridized carbons (Fsp3) is 0.438. The minimum Gasteiger partial charge on any atom is -0.502 e. The van der Waals surface area contributed by atoms with E-state index in [1.165, 1.54) is 65.7 Å². The van der Waals surface area contributed by atoms with E-state index in [1.54, 1.807) is 49.8 Å². The second kappa shape index (κ2) is 37.7. The highest BCUT2D eigenvalue weighted by atomic mass is 32.1. The summed E-state index contributed by atoms with van der Waals surface area (Å²) in [6, 6.07) is 26.8. The fourth-order valence-corrected chi connectivity index (χ4v) is 12.2. The molecule has 0 aliphatic rings. The summed E-state index contributed by atoms with van der Waals surface area (Å²) in [4.78, 5) is 65.1. The van der Waals surface area contributed by atoms with Gasteiger partial charge in [-0.1, -0.05) is 77.6 Å². The zero-order chi connectivity index (χ0) is 70.1. The van der Waals surface area contributed by atoms with E-state index >= 15 is 0 Å². The lowest BCUT2D eigenvalue weighted by Gasteiger charge is -2.23. The van der Waals surface area contributed by atoms with Crippen LogP contribution in [0.5, 0.6) is 51.7 Å². The number of methoxy groups -OCH3 is 6. The Morgan fingerprint density at radius 2 is 0.969 bits per heavy atom. The Morgan fingerprint density at radius 3 is 1.43 bits per heavy atom. The zero-order valence-electron chi connectivity index (χ0n) is 58.4. The highest BCUT2D eigenvalue weighted by Gasteiger charge is 2.25. The molecule has 0 atom stereocenters. The molecule has 3 heterocycles. The van der Waals surface area contributed by atoms with Crippen LogP contribution in [0.3, 0.4) is 0 Å². The van der Waals surface area contributed by atoms with E-state index < -0.39 is 19.5 Å². The molecule has 520 valence electrons. The van der Waals surface area contributed by atoms with Gasteiger partial charge in [0.1, 0.15) is 16.6 Å². The molecule has 4 N–H and O–H groups in total. The van der Waals surface area contributed by atoms with Gasteiger partial charge in [0.25, 0.3) is 0 Å². The lowest BCUT2D eigenvalue weighted by molar-refractivity contribution is -0.133. The number of nitrogens with one attached hydrogen (secondary N) is 1. The lowest BCUT2D eigenvalue weighted by atomic mass is 10.0. The van der Waals surface area contributed by atoms with Crippen LogP contribution in [-0.2, 0) is 39.8 Å². The first kappa shape index (κ1) is 76.5. The zero-order valence-corrected chi connectivity index (χ0v) is 60.1. The predicted molar refractivity (Wildman–Crippen MR) is 381 cm³/mol.